The number of rotatable bonds is 4. The van der Waals surface area contributed by atoms with Crippen molar-refractivity contribution in [2.24, 2.45) is 0 Å². The zero-order valence-electron chi connectivity index (χ0n) is 15.1. The Balaban J connectivity index is 2.09. The minimum Gasteiger partial charge on any atom is -0.493 e. The summed E-state index contributed by atoms with van der Waals surface area (Å²) in [5, 5.41) is 2.57. The third-order valence-corrected chi connectivity index (χ3v) is 4.81. The number of imide groups is 2. The molecular weight excluding hydrogens is 448 g/mol. The topological polar surface area (TPSA) is 75.7 Å². The van der Waals surface area contributed by atoms with Crippen LogP contribution in [0.4, 0.5) is 10.5 Å². The Kier molecular flexibility index (Phi) is 5.86. The summed E-state index contributed by atoms with van der Waals surface area (Å²) in [5.41, 5.74) is 1.33. The lowest BCUT2D eigenvalue weighted by Crippen LogP contribution is -2.54. The number of benzene rings is 2. The molecule has 28 heavy (non-hydrogen) atoms. The molecule has 1 fully saturated rings. The lowest BCUT2D eigenvalue weighted by molar-refractivity contribution is -0.122. The predicted molar refractivity (Wildman–Crippen MR) is 111 cm³/mol. The molecular formula is C20H16BrClN2O4. The van der Waals surface area contributed by atoms with Gasteiger partial charge >= 0.3 is 6.03 Å². The molecule has 4 amide bonds. The highest BCUT2D eigenvalue weighted by Gasteiger charge is 2.37. The van der Waals surface area contributed by atoms with Gasteiger partial charge in [-0.1, -0.05) is 33.6 Å². The van der Waals surface area contributed by atoms with Gasteiger partial charge in [-0.15, -0.1) is 0 Å². The fraction of sp³-hybridized carbons (Fsp3) is 0.150. The van der Waals surface area contributed by atoms with Crippen LogP contribution >= 0.6 is 27.5 Å². The molecule has 8 heteroatoms. The van der Waals surface area contributed by atoms with Crippen molar-refractivity contribution >= 4 is 57.1 Å². The van der Waals surface area contributed by atoms with Crippen LogP contribution in [0.5, 0.6) is 5.75 Å². The van der Waals surface area contributed by atoms with Crippen LogP contribution in [-0.2, 0) is 9.59 Å². The molecule has 144 valence electrons. The quantitative estimate of drug-likeness (QED) is 0.536. The van der Waals surface area contributed by atoms with Gasteiger partial charge in [-0.2, -0.15) is 0 Å². The monoisotopic (exact) mass is 462 g/mol. The molecule has 2 aromatic rings. The molecule has 1 N–H and O–H groups in total. The summed E-state index contributed by atoms with van der Waals surface area (Å²) in [7, 11) is 0. The van der Waals surface area contributed by atoms with Crippen molar-refractivity contribution in [3.05, 3.63) is 62.6 Å². The smallest absolute Gasteiger partial charge is 0.335 e. The molecule has 0 radical (unpaired) electrons. The van der Waals surface area contributed by atoms with E-state index in [1.54, 1.807) is 37.3 Å². The molecule has 0 saturated carbocycles. The van der Waals surface area contributed by atoms with Crippen LogP contribution in [-0.4, -0.2) is 24.5 Å². The molecule has 0 bridgehead atoms. The number of hydrogen-bond acceptors (Lipinski definition) is 4. The van der Waals surface area contributed by atoms with E-state index in [0.717, 1.165) is 9.37 Å². The molecule has 0 aliphatic carbocycles. The van der Waals surface area contributed by atoms with Crippen LogP contribution in [0.3, 0.4) is 0 Å². The van der Waals surface area contributed by atoms with Crippen LogP contribution in [0.1, 0.15) is 18.1 Å². The van der Waals surface area contributed by atoms with E-state index < -0.39 is 17.8 Å². The van der Waals surface area contributed by atoms with Crippen molar-refractivity contribution in [1.29, 1.82) is 0 Å². The SMILES string of the molecule is CCOc1ccc(Br)cc1/C=C1\C(=O)NC(=O)N(c2cc(Cl)ccc2C)C1=O. The molecule has 0 aromatic heterocycles. The van der Waals surface area contributed by atoms with Gasteiger partial charge in [-0.05, 0) is 55.8 Å². The largest absolute Gasteiger partial charge is 0.493 e. The number of nitrogens with one attached hydrogen (secondary N) is 1. The van der Waals surface area contributed by atoms with E-state index in [4.69, 9.17) is 16.3 Å². The number of barbiturate groups is 1. The van der Waals surface area contributed by atoms with E-state index >= 15 is 0 Å². The van der Waals surface area contributed by atoms with Crippen molar-refractivity contribution < 1.29 is 19.1 Å². The number of anilines is 1. The first kappa shape index (κ1) is 20.1. The Morgan fingerprint density at radius 1 is 1.18 bits per heavy atom. The third kappa shape index (κ3) is 3.95. The summed E-state index contributed by atoms with van der Waals surface area (Å²) >= 11 is 9.39. The summed E-state index contributed by atoms with van der Waals surface area (Å²) in [6, 6.07) is 9.29. The van der Waals surface area contributed by atoms with Gasteiger partial charge in [-0.3, -0.25) is 14.9 Å². The Hall–Kier alpha value is -2.64. The van der Waals surface area contributed by atoms with Gasteiger partial charge in [0.2, 0.25) is 0 Å². The molecule has 1 aliphatic rings. The summed E-state index contributed by atoms with van der Waals surface area (Å²) in [5.74, 6) is -0.990. The Morgan fingerprint density at radius 2 is 1.93 bits per heavy atom. The standard InChI is InChI=1S/C20H16BrClN2O4/c1-3-28-17-7-5-13(21)8-12(17)9-15-18(25)23-20(27)24(19(15)26)16-10-14(22)6-4-11(16)2/h4-10H,3H2,1-2H3,(H,23,25,27)/b15-9+. The van der Waals surface area contributed by atoms with Gasteiger partial charge in [0.15, 0.2) is 0 Å². The minimum atomic E-state index is -0.822. The highest BCUT2D eigenvalue weighted by atomic mass is 79.9. The summed E-state index contributed by atoms with van der Waals surface area (Å²) < 4.78 is 6.32. The third-order valence-electron chi connectivity index (χ3n) is 4.09. The lowest BCUT2D eigenvalue weighted by Gasteiger charge is -2.27. The number of carbonyl (C=O) groups is 3. The Morgan fingerprint density at radius 3 is 2.64 bits per heavy atom. The van der Waals surface area contributed by atoms with E-state index in [-0.39, 0.29) is 5.57 Å². The first-order valence-electron chi connectivity index (χ1n) is 8.41. The molecule has 1 aliphatic heterocycles. The lowest BCUT2D eigenvalue weighted by atomic mass is 10.1. The van der Waals surface area contributed by atoms with Gasteiger partial charge in [0.1, 0.15) is 11.3 Å². The maximum Gasteiger partial charge on any atom is 0.335 e. The summed E-state index contributed by atoms with van der Waals surface area (Å²) in [4.78, 5) is 38.7. The van der Waals surface area contributed by atoms with Crippen LogP contribution in [0.25, 0.3) is 6.08 Å². The second-order valence-electron chi connectivity index (χ2n) is 6.00. The number of carbonyl (C=O) groups excluding carboxylic acids is 3. The van der Waals surface area contributed by atoms with Gasteiger partial charge in [0, 0.05) is 15.1 Å². The number of nitrogens with zero attached hydrogens (tertiary/aromatic N) is 1. The molecule has 0 unspecified atom stereocenters. The Bertz CT molecular complexity index is 1020. The zero-order valence-corrected chi connectivity index (χ0v) is 17.4. The number of hydrogen-bond donors (Lipinski definition) is 1. The highest BCUT2D eigenvalue weighted by molar-refractivity contribution is 9.10. The highest BCUT2D eigenvalue weighted by Crippen LogP contribution is 2.30. The summed E-state index contributed by atoms with van der Waals surface area (Å²) in [6.07, 6.45) is 1.41. The van der Waals surface area contributed by atoms with Crippen LogP contribution in [0, 0.1) is 6.92 Å². The zero-order chi connectivity index (χ0) is 20.4. The maximum absolute atomic E-state index is 13.0. The van der Waals surface area contributed by atoms with Crippen molar-refractivity contribution in [1.82, 2.24) is 5.32 Å². The molecule has 1 saturated heterocycles. The van der Waals surface area contributed by atoms with E-state index in [1.165, 1.54) is 12.1 Å². The number of urea groups is 1. The number of ether oxygens (including phenoxy) is 1. The second kappa shape index (κ2) is 8.16. The molecule has 3 rings (SSSR count). The minimum absolute atomic E-state index is 0.182. The van der Waals surface area contributed by atoms with Gasteiger partial charge in [0.25, 0.3) is 11.8 Å². The van der Waals surface area contributed by atoms with Gasteiger partial charge in [0.05, 0.1) is 12.3 Å². The average molecular weight is 464 g/mol. The number of amides is 4. The molecule has 0 spiro atoms. The molecule has 1 heterocycles. The fourth-order valence-electron chi connectivity index (χ4n) is 2.77. The van der Waals surface area contributed by atoms with E-state index in [1.807, 2.05) is 6.92 Å². The normalized spacial score (nSPS) is 15.8. The van der Waals surface area contributed by atoms with Crippen LogP contribution < -0.4 is 15.0 Å². The number of halogens is 2. The van der Waals surface area contributed by atoms with Crippen LogP contribution in [0.2, 0.25) is 5.02 Å². The van der Waals surface area contributed by atoms with Crippen molar-refractivity contribution in [2.45, 2.75) is 13.8 Å². The van der Waals surface area contributed by atoms with Crippen molar-refractivity contribution in [2.75, 3.05) is 11.5 Å². The fourth-order valence-corrected chi connectivity index (χ4v) is 3.32. The number of aryl methyl sites for hydroxylation is 1. The first-order chi connectivity index (χ1) is 13.3. The van der Waals surface area contributed by atoms with E-state index in [9.17, 15) is 14.4 Å². The van der Waals surface area contributed by atoms with Gasteiger partial charge in [-0.25, -0.2) is 9.69 Å². The summed E-state index contributed by atoms with van der Waals surface area (Å²) in [6.45, 7) is 4.00. The van der Waals surface area contributed by atoms with E-state index in [0.29, 0.717) is 34.2 Å². The van der Waals surface area contributed by atoms with Crippen molar-refractivity contribution in [3.8, 4) is 5.75 Å². The molecule has 6 nitrogen and oxygen atoms in total. The second-order valence-corrected chi connectivity index (χ2v) is 7.36. The predicted octanol–water partition coefficient (Wildman–Crippen LogP) is 4.48. The molecule has 0 atom stereocenters. The van der Waals surface area contributed by atoms with Crippen molar-refractivity contribution in [3.63, 3.8) is 0 Å². The van der Waals surface area contributed by atoms with Crippen LogP contribution in [0.15, 0.2) is 46.4 Å². The van der Waals surface area contributed by atoms with Gasteiger partial charge < -0.3 is 4.74 Å². The average Bonchev–Trinajstić information content (AvgIpc) is 2.63. The van der Waals surface area contributed by atoms with E-state index in [2.05, 4.69) is 21.2 Å². The maximum atomic E-state index is 13.0. The first-order valence-corrected chi connectivity index (χ1v) is 9.59. The Labute approximate surface area is 175 Å². The molecule has 2 aromatic carbocycles.